The molecule has 19 heavy (non-hydrogen) atoms. The minimum atomic E-state index is 0.182. The fourth-order valence-corrected chi connectivity index (χ4v) is 2.75. The smallest absolute Gasteiger partial charge is 0.0570 e. The Morgan fingerprint density at radius 1 is 1.37 bits per heavy atom. The van der Waals surface area contributed by atoms with E-state index in [1.165, 1.54) is 5.56 Å². The van der Waals surface area contributed by atoms with Gasteiger partial charge in [-0.3, -0.25) is 4.98 Å². The number of hydrogen-bond acceptors (Lipinski definition) is 2. The molecule has 0 aliphatic rings. The number of pyridine rings is 1. The molecule has 0 bridgehead atoms. The second kappa shape index (κ2) is 6.51. The van der Waals surface area contributed by atoms with Gasteiger partial charge in [0.25, 0.3) is 0 Å². The lowest BCUT2D eigenvalue weighted by atomic mass is 10.1. The van der Waals surface area contributed by atoms with Gasteiger partial charge < -0.3 is 5.32 Å². The van der Waals surface area contributed by atoms with E-state index in [0.717, 1.165) is 27.3 Å². The van der Waals surface area contributed by atoms with E-state index >= 15 is 0 Å². The van der Waals surface area contributed by atoms with Crippen LogP contribution in [0.2, 0.25) is 5.02 Å². The standard InChI is InChI=1S/C15H16BrClN2/c1-10-4-3-7-18-15(10)9-19-11(2)13-6-5-12(16)8-14(13)17/h3-8,11,19H,9H2,1-2H3. The molecule has 1 heterocycles. The molecule has 2 nitrogen and oxygen atoms in total. The maximum Gasteiger partial charge on any atom is 0.0570 e. The minimum Gasteiger partial charge on any atom is -0.305 e. The van der Waals surface area contributed by atoms with E-state index in [2.05, 4.69) is 46.1 Å². The second-order valence-electron chi connectivity index (χ2n) is 4.54. The van der Waals surface area contributed by atoms with Crippen molar-refractivity contribution in [2.24, 2.45) is 0 Å². The first-order valence-corrected chi connectivity index (χ1v) is 7.34. The maximum absolute atomic E-state index is 6.25. The van der Waals surface area contributed by atoms with Crippen LogP contribution in [0.3, 0.4) is 0 Å². The Labute approximate surface area is 127 Å². The first kappa shape index (κ1) is 14.5. The van der Waals surface area contributed by atoms with Crippen molar-refractivity contribution in [2.75, 3.05) is 0 Å². The third-order valence-electron chi connectivity index (χ3n) is 3.12. The van der Waals surface area contributed by atoms with Crippen LogP contribution in [0.4, 0.5) is 0 Å². The van der Waals surface area contributed by atoms with Crippen molar-refractivity contribution >= 4 is 27.5 Å². The van der Waals surface area contributed by atoms with E-state index in [9.17, 15) is 0 Å². The highest BCUT2D eigenvalue weighted by Crippen LogP contribution is 2.26. The van der Waals surface area contributed by atoms with Crippen molar-refractivity contribution in [1.29, 1.82) is 0 Å². The number of rotatable bonds is 4. The van der Waals surface area contributed by atoms with Gasteiger partial charge >= 0.3 is 0 Å². The molecule has 0 amide bonds. The summed E-state index contributed by atoms with van der Waals surface area (Å²) in [5, 5.41) is 4.22. The molecule has 1 N–H and O–H groups in total. The second-order valence-corrected chi connectivity index (χ2v) is 5.86. The highest BCUT2D eigenvalue weighted by Gasteiger charge is 2.10. The lowest BCUT2D eigenvalue weighted by molar-refractivity contribution is 0.566. The van der Waals surface area contributed by atoms with Gasteiger partial charge in [0.15, 0.2) is 0 Å². The number of aryl methyl sites for hydroxylation is 1. The van der Waals surface area contributed by atoms with Gasteiger partial charge in [-0.1, -0.05) is 39.7 Å². The summed E-state index contributed by atoms with van der Waals surface area (Å²) in [6.45, 7) is 4.91. The topological polar surface area (TPSA) is 24.9 Å². The molecule has 2 aromatic rings. The molecule has 0 saturated heterocycles. The van der Waals surface area contributed by atoms with Crippen LogP contribution < -0.4 is 5.32 Å². The van der Waals surface area contributed by atoms with Crippen molar-refractivity contribution in [2.45, 2.75) is 26.4 Å². The SMILES string of the molecule is Cc1cccnc1CNC(C)c1ccc(Br)cc1Cl. The molecule has 2 rings (SSSR count). The van der Waals surface area contributed by atoms with Crippen LogP contribution >= 0.6 is 27.5 Å². The number of nitrogens with one attached hydrogen (secondary N) is 1. The Balaban J connectivity index is 2.05. The minimum absolute atomic E-state index is 0.182. The van der Waals surface area contributed by atoms with Gasteiger partial charge in [-0.25, -0.2) is 0 Å². The molecule has 0 saturated carbocycles. The third-order valence-corrected chi connectivity index (χ3v) is 3.94. The molecule has 1 unspecified atom stereocenters. The van der Waals surface area contributed by atoms with Crippen molar-refractivity contribution in [1.82, 2.24) is 10.3 Å². The molecular weight excluding hydrogens is 324 g/mol. The van der Waals surface area contributed by atoms with Gasteiger partial charge in [0.1, 0.15) is 0 Å². The Morgan fingerprint density at radius 3 is 2.84 bits per heavy atom. The summed E-state index contributed by atoms with van der Waals surface area (Å²) < 4.78 is 0.994. The Hall–Kier alpha value is -0.900. The van der Waals surface area contributed by atoms with E-state index in [1.807, 2.05) is 30.5 Å². The van der Waals surface area contributed by atoms with E-state index in [0.29, 0.717) is 0 Å². The fourth-order valence-electron chi connectivity index (χ4n) is 1.92. The molecule has 0 spiro atoms. The lowest BCUT2D eigenvalue weighted by Gasteiger charge is -2.16. The highest BCUT2D eigenvalue weighted by atomic mass is 79.9. The van der Waals surface area contributed by atoms with Crippen LogP contribution in [0, 0.1) is 6.92 Å². The van der Waals surface area contributed by atoms with Crippen molar-refractivity contribution in [3.05, 3.63) is 62.8 Å². The third kappa shape index (κ3) is 3.78. The summed E-state index contributed by atoms with van der Waals surface area (Å²) >= 11 is 9.67. The zero-order valence-corrected chi connectivity index (χ0v) is 13.3. The quantitative estimate of drug-likeness (QED) is 0.876. The largest absolute Gasteiger partial charge is 0.305 e. The van der Waals surface area contributed by atoms with Crippen molar-refractivity contribution < 1.29 is 0 Å². The Bertz CT molecular complexity index is 572. The predicted octanol–water partition coefficient (Wildman–Crippen LogP) is 4.66. The van der Waals surface area contributed by atoms with Gasteiger partial charge in [0.2, 0.25) is 0 Å². The summed E-state index contributed by atoms with van der Waals surface area (Å²) in [4.78, 5) is 4.38. The molecule has 100 valence electrons. The van der Waals surface area contributed by atoms with Crippen LogP contribution in [0.25, 0.3) is 0 Å². The van der Waals surface area contributed by atoms with E-state index < -0.39 is 0 Å². The first-order valence-electron chi connectivity index (χ1n) is 6.16. The van der Waals surface area contributed by atoms with Crippen LogP contribution in [-0.2, 0) is 6.54 Å². The molecule has 1 aromatic heterocycles. The normalized spacial score (nSPS) is 12.4. The zero-order valence-electron chi connectivity index (χ0n) is 11.0. The maximum atomic E-state index is 6.25. The van der Waals surface area contributed by atoms with Crippen LogP contribution in [0.1, 0.15) is 29.8 Å². The van der Waals surface area contributed by atoms with E-state index in [4.69, 9.17) is 11.6 Å². The summed E-state index contributed by atoms with van der Waals surface area (Å²) in [6, 6.07) is 10.2. The van der Waals surface area contributed by atoms with Crippen LogP contribution in [0.5, 0.6) is 0 Å². The zero-order chi connectivity index (χ0) is 13.8. The summed E-state index contributed by atoms with van der Waals surface area (Å²) in [5.41, 5.74) is 3.37. The average Bonchev–Trinajstić information content (AvgIpc) is 2.37. The molecule has 0 fully saturated rings. The molecular formula is C15H16BrClN2. The Morgan fingerprint density at radius 2 is 2.16 bits per heavy atom. The molecule has 0 aliphatic heterocycles. The number of hydrogen-bond donors (Lipinski definition) is 1. The van der Waals surface area contributed by atoms with Crippen molar-refractivity contribution in [3.63, 3.8) is 0 Å². The van der Waals surface area contributed by atoms with E-state index in [-0.39, 0.29) is 6.04 Å². The first-order chi connectivity index (χ1) is 9.08. The predicted molar refractivity (Wildman–Crippen MR) is 83.4 cm³/mol. The molecule has 1 aromatic carbocycles. The number of halogens is 2. The Kier molecular flexibility index (Phi) is 4.97. The summed E-state index contributed by atoms with van der Waals surface area (Å²) in [6.07, 6.45) is 1.82. The monoisotopic (exact) mass is 338 g/mol. The van der Waals surface area contributed by atoms with Crippen molar-refractivity contribution in [3.8, 4) is 0 Å². The van der Waals surface area contributed by atoms with Gasteiger partial charge in [0.05, 0.1) is 5.69 Å². The van der Waals surface area contributed by atoms with Gasteiger partial charge in [0, 0.05) is 28.3 Å². The van der Waals surface area contributed by atoms with Crippen LogP contribution in [-0.4, -0.2) is 4.98 Å². The molecule has 0 radical (unpaired) electrons. The van der Waals surface area contributed by atoms with Gasteiger partial charge in [-0.15, -0.1) is 0 Å². The highest BCUT2D eigenvalue weighted by molar-refractivity contribution is 9.10. The van der Waals surface area contributed by atoms with Crippen LogP contribution in [0.15, 0.2) is 41.0 Å². The number of aromatic nitrogens is 1. The number of nitrogens with zero attached hydrogens (tertiary/aromatic N) is 1. The van der Waals surface area contributed by atoms with Gasteiger partial charge in [-0.05, 0) is 43.2 Å². The average molecular weight is 340 g/mol. The van der Waals surface area contributed by atoms with E-state index in [1.54, 1.807) is 0 Å². The summed E-state index contributed by atoms with van der Waals surface area (Å²) in [7, 11) is 0. The molecule has 1 atom stereocenters. The lowest BCUT2D eigenvalue weighted by Crippen LogP contribution is -2.19. The number of benzene rings is 1. The molecule has 4 heteroatoms. The fraction of sp³-hybridized carbons (Fsp3) is 0.267. The van der Waals surface area contributed by atoms with Gasteiger partial charge in [-0.2, -0.15) is 0 Å². The molecule has 0 aliphatic carbocycles. The summed E-state index contributed by atoms with van der Waals surface area (Å²) in [5.74, 6) is 0.